The van der Waals surface area contributed by atoms with Gasteiger partial charge in [-0.3, -0.25) is 0 Å². The van der Waals surface area contributed by atoms with Gasteiger partial charge in [0.25, 0.3) is 0 Å². The second-order valence-electron chi connectivity index (χ2n) is 4.72. The van der Waals surface area contributed by atoms with E-state index in [4.69, 9.17) is 23.2 Å². The molecule has 0 amide bonds. The predicted molar refractivity (Wildman–Crippen MR) is 90.7 cm³/mol. The minimum atomic E-state index is -0.240. The molecule has 1 unspecified atom stereocenters. The molecule has 0 aliphatic heterocycles. The van der Waals surface area contributed by atoms with Crippen molar-refractivity contribution in [1.29, 1.82) is 0 Å². The quantitative estimate of drug-likeness (QED) is 0.681. The van der Waals surface area contributed by atoms with Gasteiger partial charge in [-0.15, -0.1) is 0 Å². The summed E-state index contributed by atoms with van der Waals surface area (Å²) >= 11 is 15.4. The van der Waals surface area contributed by atoms with Crippen LogP contribution in [-0.4, -0.2) is 6.54 Å². The molecule has 2 aromatic rings. The van der Waals surface area contributed by atoms with Gasteiger partial charge in [-0.25, -0.2) is 4.39 Å². The summed E-state index contributed by atoms with van der Waals surface area (Å²) in [5.41, 5.74) is 1.65. The van der Waals surface area contributed by atoms with Gasteiger partial charge in [-0.1, -0.05) is 36.2 Å². The molecule has 0 saturated heterocycles. The van der Waals surface area contributed by atoms with Crippen molar-refractivity contribution < 1.29 is 4.39 Å². The Morgan fingerprint density at radius 3 is 2.62 bits per heavy atom. The van der Waals surface area contributed by atoms with Gasteiger partial charge in [0.05, 0.1) is 5.02 Å². The van der Waals surface area contributed by atoms with Gasteiger partial charge in [0.1, 0.15) is 5.82 Å². The van der Waals surface area contributed by atoms with Crippen molar-refractivity contribution in [3.05, 3.63) is 67.9 Å². The van der Waals surface area contributed by atoms with E-state index in [2.05, 4.69) is 21.2 Å². The maximum Gasteiger partial charge on any atom is 0.126 e. The first-order valence-corrected chi connectivity index (χ1v) is 8.18. The number of hydrogen-bond donors (Lipinski definition) is 1. The monoisotopic (exact) mass is 389 g/mol. The van der Waals surface area contributed by atoms with Gasteiger partial charge in [0.15, 0.2) is 0 Å². The van der Waals surface area contributed by atoms with Gasteiger partial charge in [-0.05, 0) is 70.4 Å². The topological polar surface area (TPSA) is 12.0 Å². The highest BCUT2D eigenvalue weighted by molar-refractivity contribution is 9.10. The Balaban J connectivity index is 2.30. The molecule has 0 fully saturated rings. The van der Waals surface area contributed by atoms with Crippen molar-refractivity contribution in [3.8, 4) is 0 Å². The second kappa shape index (κ2) is 7.59. The van der Waals surface area contributed by atoms with Crippen LogP contribution in [0.2, 0.25) is 10.0 Å². The Hall–Kier alpha value is -0.610. The fourth-order valence-corrected chi connectivity index (χ4v) is 2.91. The molecule has 1 nitrogen and oxygen atoms in total. The fourth-order valence-electron chi connectivity index (χ4n) is 2.20. The summed E-state index contributed by atoms with van der Waals surface area (Å²) in [5, 5.41) is 4.56. The molecule has 0 saturated carbocycles. The minimum Gasteiger partial charge on any atom is -0.310 e. The molecule has 0 aliphatic carbocycles. The van der Waals surface area contributed by atoms with E-state index in [1.54, 1.807) is 12.1 Å². The smallest absolute Gasteiger partial charge is 0.126 e. The summed E-state index contributed by atoms with van der Waals surface area (Å²) in [6.45, 7) is 2.80. The van der Waals surface area contributed by atoms with E-state index < -0.39 is 0 Å². The van der Waals surface area contributed by atoms with E-state index in [-0.39, 0.29) is 11.9 Å². The van der Waals surface area contributed by atoms with Crippen LogP contribution in [0.15, 0.2) is 40.9 Å². The van der Waals surface area contributed by atoms with Crippen molar-refractivity contribution in [2.45, 2.75) is 19.4 Å². The first-order valence-electron chi connectivity index (χ1n) is 6.63. The number of rotatable bonds is 5. The third-order valence-electron chi connectivity index (χ3n) is 3.23. The molecule has 0 aromatic heterocycles. The number of hydrogen-bond acceptors (Lipinski definition) is 1. The zero-order chi connectivity index (χ0) is 15.4. The number of nitrogens with one attached hydrogen (secondary N) is 1. The van der Waals surface area contributed by atoms with Crippen molar-refractivity contribution >= 4 is 39.1 Å². The maximum atomic E-state index is 13.9. The first-order chi connectivity index (χ1) is 10.0. The summed E-state index contributed by atoms with van der Waals surface area (Å²) < 4.78 is 14.7. The molecule has 0 bridgehead atoms. The van der Waals surface area contributed by atoms with Crippen LogP contribution >= 0.6 is 39.1 Å². The van der Waals surface area contributed by atoms with Crippen molar-refractivity contribution in [1.82, 2.24) is 5.32 Å². The molecule has 0 spiro atoms. The molecule has 0 heterocycles. The zero-order valence-electron chi connectivity index (χ0n) is 11.5. The summed E-state index contributed by atoms with van der Waals surface area (Å²) in [4.78, 5) is 0. The van der Waals surface area contributed by atoms with Crippen LogP contribution in [0, 0.1) is 5.82 Å². The Kier molecular flexibility index (Phi) is 6.06. The van der Waals surface area contributed by atoms with Crippen LogP contribution in [0.1, 0.15) is 24.1 Å². The first kappa shape index (κ1) is 16.8. The third kappa shape index (κ3) is 4.43. The lowest BCUT2D eigenvalue weighted by atomic mass is 9.98. The van der Waals surface area contributed by atoms with Crippen LogP contribution in [0.3, 0.4) is 0 Å². The van der Waals surface area contributed by atoms with Crippen LogP contribution in [0.25, 0.3) is 0 Å². The average molecular weight is 391 g/mol. The van der Waals surface area contributed by atoms with E-state index in [0.717, 1.165) is 16.6 Å². The van der Waals surface area contributed by atoms with Gasteiger partial charge < -0.3 is 5.32 Å². The lowest BCUT2D eigenvalue weighted by Crippen LogP contribution is -2.23. The van der Waals surface area contributed by atoms with Gasteiger partial charge in [0.2, 0.25) is 0 Å². The zero-order valence-corrected chi connectivity index (χ0v) is 14.6. The summed E-state index contributed by atoms with van der Waals surface area (Å²) in [5.74, 6) is -0.240. The standard InChI is InChI=1S/C16H15BrCl2FN/c1-2-21-16(10-3-5-14(19)13(17)8-10)9-11-7-12(18)4-6-15(11)20/h3-8,16,21H,2,9H2,1H3. The lowest BCUT2D eigenvalue weighted by Gasteiger charge is -2.19. The van der Waals surface area contributed by atoms with Crippen molar-refractivity contribution in [2.75, 3.05) is 6.54 Å². The van der Waals surface area contributed by atoms with Crippen molar-refractivity contribution in [3.63, 3.8) is 0 Å². The highest BCUT2D eigenvalue weighted by atomic mass is 79.9. The molecule has 2 aromatic carbocycles. The van der Waals surface area contributed by atoms with Crippen LogP contribution in [0.5, 0.6) is 0 Å². The summed E-state index contributed by atoms with van der Waals surface area (Å²) in [7, 11) is 0. The van der Waals surface area contributed by atoms with Crippen LogP contribution in [-0.2, 0) is 6.42 Å². The predicted octanol–water partition coefficient (Wildman–Crippen LogP) is 5.79. The van der Waals surface area contributed by atoms with Crippen molar-refractivity contribution in [2.24, 2.45) is 0 Å². The van der Waals surface area contributed by atoms with E-state index >= 15 is 0 Å². The molecule has 21 heavy (non-hydrogen) atoms. The van der Waals surface area contributed by atoms with E-state index in [9.17, 15) is 4.39 Å². The molecular weight excluding hydrogens is 376 g/mol. The lowest BCUT2D eigenvalue weighted by molar-refractivity contribution is 0.528. The van der Waals surface area contributed by atoms with Gasteiger partial charge in [0, 0.05) is 15.5 Å². The normalized spacial score (nSPS) is 12.4. The molecule has 0 aliphatic rings. The highest BCUT2D eigenvalue weighted by Crippen LogP contribution is 2.28. The third-order valence-corrected chi connectivity index (χ3v) is 4.68. The average Bonchev–Trinajstić information content (AvgIpc) is 2.45. The van der Waals surface area contributed by atoms with E-state index in [1.165, 1.54) is 6.07 Å². The molecule has 1 atom stereocenters. The number of likely N-dealkylation sites (N-methyl/N-ethyl adjacent to an activating group) is 1. The molecule has 112 valence electrons. The molecule has 1 N–H and O–H groups in total. The molecule has 2 rings (SSSR count). The minimum absolute atomic E-state index is 0.00321. The van der Waals surface area contributed by atoms with Gasteiger partial charge in [-0.2, -0.15) is 0 Å². The summed E-state index contributed by atoms with van der Waals surface area (Å²) in [6, 6.07) is 10.4. The Bertz CT molecular complexity index is 634. The molecule has 0 radical (unpaired) electrons. The second-order valence-corrected chi connectivity index (χ2v) is 6.42. The van der Waals surface area contributed by atoms with Crippen LogP contribution < -0.4 is 5.32 Å². The number of benzene rings is 2. The van der Waals surface area contributed by atoms with Gasteiger partial charge >= 0.3 is 0 Å². The van der Waals surface area contributed by atoms with Crippen LogP contribution in [0.4, 0.5) is 4.39 Å². The largest absolute Gasteiger partial charge is 0.310 e. The molecule has 5 heteroatoms. The Morgan fingerprint density at radius 1 is 1.19 bits per heavy atom. The maximum absolute atomic E-state index is 13.9. The Labute approximate surface area is 142 Å². The van der Waals surface area contributed by atoms with E-state index in [0.29, 0.717) is 22.0 Å². The highest BCUT2D eigenvalue weighted by Gasteiger charge is 2.15. The Morgan fingerprint density at radius 2 is 1.95 bits per heavy atom. The summed E-state index contributed by atoms with van der Waals surface area (Å²) in [6.07, 6.45) is 0.522. The fraction of sp³-hybridized carbons (Fsp3) is 0.250. The van der Waals surface area contributed by atoms with E-state index in [1.807, 2.05) is 25.1 Å². The molecular formula is C16H15BrCl2FN. The number of halogens is 4. The SMILES string of the molecule is CCNC(Cc1cc(Cl)ccc1F)c1ccc(Cl)c(Br)c1.